The second-order valence-corrected chi connectivity index (χ2v) is 7.86. The standard InChI is InChI=1S/C16H35NO4S/c1-4-5-6-7-8-9-10-11-12-13-14-21-22(19,20)15-16(18)17(2)3/h16,18H,4-15H2,1-3H3. The summed E-state index contributed by atoms with van der Waals surface area (Å²) < 4.78 is 28.1. The maximum Gasteiger partial charge on any atom is 0.271 e. The van der Waals surface area contributed by atoms with Gasteiger partial charge < -0.3 is 5.11 Å². The van der Waals surface area contributed by atoms with Gasteiger partial charge in [-0.25, -0.2) is 0 Å². The molecular weight excluding hydrogens is 302 g/mol. The third-order valence-electron chi connectivity index (χ3n) is 3.71. The Bertz CT molecular complexity index is 344. The van der Waals surface area contributed by atoms with Crippen LogP contribution in [-0.2, 0) is 14.3 Å². The molecule has 0 saturated carbocycles. The van der Waals surface area contributed by atoms with E-state index in [2.05, 4.69) is 6.92 Å². The summed E-state index contributed by atoms with van der Waals surface area (Å²) in [5, 5.41) is 9.51. The van der Waals surface area contributed by atoms with E-state index in [1.165, 1.54) is 49.8 Å². The van der Waals surface area contributed by atoms with Crippen LogP contribution in [0.4, 0.5) is 0 Å². The maximum atomic E-state index is 11.6. The molecule has 1 unspecified atom stereocenters. The number of nitrogens with zero attached hydrogens (tertiary/aromatic N) is 1. The summed E-state index contributed by atoms with van der Waals surface area (Å²) in [5.41, 5.74) is 0. The Morgan fingerprint density at radius 2 is 1.36 bits per heavy atom. The molecule has 0 amide bonds. The van der Waals surface area contributed by atoms with Gasteiger partial charge in [0.15, 0.2) is 0 Å². The highest BCUT2D eigenvalue weighted by molar-refractivity contribution is 7.86. The van der Waals surface area contributed by atoms with Gasteiger partial charge >= 0.3 is 0 Å². The van der Waals surface area contributed by atoms with Crippen molar-refractivity contribution in [1.29, 1.82) is 0 Å². The Labute approximate surface area is 137 Å². The van der Waals surface area contributed by atoms with Crippen molar-refractivity contribution in [2.45, 2.75) is 77.4 Å². The van der Waals surface area contributed by atoms with Crippen molar-refractivity contribution in [2.24, 2.45) is 0 Å². The average molecular weight is 338 g/mol. The normalized spacial score (nSPS) is 13.7. The Hall–Kier alpha value is -0.170. The van der Waals surface area contributed by atoms with Gasteiger partial charge in [-0.2, -0.15) is 8.42 Å². The molecule has 0 heterocycles. The Morgan fingerprint density at radius 1 is 0.909 bits per heavy atom. The van der Waals surface area contributed by atoms with Crippen molar-refractivity contribution in [3.05, 3.63) is 0 Å². The second kappa shape index (κ2) is 13.3. The monoisotopic (exact) mass is 337 g/mol. The van der Waals surface area contributed by atoms with Crippen molar-refractivity contribution >= 4 is 10.1 Å². The van der Waals surface area contributed by atoms with E-state index in [4.69, 9.17) is 4.18 Å². The van der Waals surface area contributed by atoms with Gasteiger partial charge in [-0.05, 0) is 20.5 Å². The third-order valence-corrected chi connectivity index (χ3v) is 4.94. The van der Waals surface area contributed by atoms with Crippen LogP contribution in [0.3, 0.4) is 0 Å². The van der Waals surface area contributed by atoms with Gasteiger partial charge in [-0.15, -0.1) is 0 Å². The van der Waals surface area contributed by atoms with E-state index in [1.54, 1.807) is 14.1 Å². The molecule has 1 atom stereocenters. The van der Waals surface area contributed by atoms with Crippen molar-refractivity contribution in [1.82, 2.24) is 4.90 Å². The molecule has 0 spiro atoms. The van der Waals surface area contributed by atoms with Crippen molar-refractivity contribution < 1.29 is 17.7 Å². The van der Waals surface area contributed by atoms with Gasteiger partial charge in [0.1, 0.15) is 12.0 Å². The Balaban J connectivity index is 3.45. The van der Waals surface area contributed by atoms with Gasteiger partial charge in [0.05, 0.1) is 6.61 Å². The summed E-state index contributed by atoms with van der Waals surface area (Å²) in [5.74, 6) is -0.377. The summed E-state index contributed by atoms with van der Waals surface area (Å²) in [4.78, 5) is 1.45. The lowest BCUT2D eigenvalue weighted by Crippen LogP contribution is -2.35. The highest BCUT2D eigenvalue weighted by Crippen LogP contribution is 2.11. The van der Waals surface area contributed by atoms with E-state index in [1.807, 2.05) is 0 Å². The Kier molecular flexibility index (Phi) is 13.2. The third kappa shape index (κ3) is 13.5. The van der Waals surface area contributed by atoms with Crippen LogP contribution >= 0.6 is 0 Å². The number of unbranched alkanes of at least 4 members (excludes halogenated alkanes) is 9. The molecule has 0 radical (unpaired) electrons. The van der Waals surface area contributed by atoms with Gasteiger partial charge in [0.2, 0.25) is 0 Å². The number of aliphatic hydroxyl groups excluding tert-OH is 1. The maximum absolute atomic E-state index is 11.6. The largest absolute Gasteiger partial charge is 0.377 e. The summed E-state index contributed by atoms with van der Waals surface area (Å²) in [6, 6.07) is 0. The van der Waals surface area contributed by atoms with Crippen LogP contribution in [-0.4, -0.2) is 51.1 Å². The first-order valence-corrected chi connectivity index (χ1v) is 10.2. The molecule has 0 fully saturated rings. The molecule has 0 bridgehead atoms. The molecule has 0 saturated heterocycles. The van der Waals surface area contributed by atoms with Gasteiger partial charge in [-0.1, -0.05) is 64.7 Å². The lowest BCUT2D eigenvalue weighted by atomic mass is 10.1. The molecule has 134 valence electrons. The summed E-state index contributed by atoms with van der Waals surface area (Å²) >= 11 is 0. The summed E-state index contributed by atoms with van der Waals surface area (Å²) in [6.07, 6.45) is 11.0. The van der Waals surface area contributed by atoms with Crippen LogP contribution in [0.5, 0.6) is 0 Å². The van der Waals surface area contributed by atoms with Crippen LogP contribution in [0.2, 0.25) is 0 Å². The van der Waals surface area contributed by atoms with Gasteiger partial charge in [0, 0.05) is 0 Å². The predicted molar refractivity (Wildman–Crippen MR) is 91.3 cm³/mol. The molecule has 5 nitrogen and oxygen atoms in total. The highest BCUT2D eigenvalue weighted by Gasteiger charge is 2.19. The molecule has 0 aliphatic heterocycles. The molecule has 22 heavy (non-hydrogen) atoms. The van der Waals surface area contributed by atoms with Gasteiger partial charge in [-0.3, -0.25) is 9.08 Å². The SMILES string of the molecule is CCCCCCCCCCCCOS(=O)(=O)CC(O)N(C)C. The molecule has 0 rings (SSSR count). The van der Waals surface area contributed by atoms with Crippen LogP contribution in [0.25, 0.3) is 0 Å². The average Bonchev–Trinajstić information content (AvgIpc) is 2.44. The van der Waals surface area contributed by atoms with Crippen molar-refractivity contribution in [2.75, 3.05) is 26.5 Å². The van der Waals surface area contributed by atoms with Crippen LogP contribution < -0.4 is 0 Å². The minimum absolute atomic E-state index is 0.221. The summed E-state index contributed by atoms with van der Waals surface area (Å²) in [7, 11) is -0.373. The molecular formula is C16H35NO4S. The minimum Gasteiger partial charge on any atom is -0.377 e. The molecule has 0 aromatic rings. The highest BCUT2D eigenvalue weighted by atomic mass is 32.2. The first-order valence-electron chi connectivity index (χ1n) is 8.60. The van der Waals surface area contributed by atoms with Crippen LogP contribution in [0.1, 0.15) is 71.1 Å². The zero-order chi connectivity index (χ0) is 16.8. The quantitative estimate of drug-likeness (QED) is 0.282. The number of hydrogen-bond acceptors (Lipinski definition) is 5. The van der Waals surface area contributed by atoms with E-state index >= 15 is 0 Å². The van der Waals surface area contributed by atoms with E-state index < -0.39 is 16.3 Å². The van der Waals surface area contributed by atoms with E-state index in [-0.39, 0.29) is 12.4 Å². The number of rotatable bonds is 15. The topological polar surface area (TPSA) is 66.8 Å². The predicted octanol–water partition coefficient (Wildman–Crippen LogP) is 3.13. The van der Waals surface area contributed by atoms with Crippen LogP contribution in [0, 0.1) is 0 Å². The molecule has 6 heteroatoms. The minimum atomic E-state index is -3.63. The van der Waals surface area contributed by atoms with Crippen LogP contribution in [0.15, 0.2) is 0 Å². The second-order valence-electron chi connectivity index (χ2n) is 6.17. The lowest BCUT2D eigenvalue weighted by Gasteiger charge is -2.17. The lowest BCUT2D eigenvalue weighted by molar-refractivity contribution is 0.0583. The Morgan fingerprint density at radius 3 is 1.82 bits per heavy atom. The van der Waals surface area contributed by atoms with E-state index in [9.17, 15) is 13.5 Å². The van der Waals surface area contributed by atoms with Crippen molar-refractivity contribution in [3.63, 3.8) is 0 Å². The smallest absolute Gasteiger partial charge is 0.271 e. The fourth-order valence-corrected chi connectivity index (χ4v) is 3.29. The first kappa shape index (κ1) is 21.8. The zero-order valence-corrected chi connectivity index (χ0v) is 15.4. The van der Waals surface area contributed by atoms with E-state index in [0.717, 1.165) is 19.3 Å². The molecule has 0 aliphatic carbocycles. The zero-order valence-electron chi connectivity index (χ0n) is 14.6. The molecule has 0 aromatic heterocycles. The van der Waals surface area contributed by atoms with Gasteiger partial charge in [0.25, 0.3) is 10.1 Å². The number of hydrogen-bond donors (Lipinski definition) is 1. The summed E-state index contributed by atoms with van der Waals surface area (Å²) in [6.45, 7) is 2.45. The first-order chi connectivity index (χ1) is 10.4. The fourth-order valence-electron chi connectivity index (χ4n) is 2.16. The van der Waals surface area contributed by atoms with Crippen molar-refractivity contribution in [3.8, 4) is 0 Å². The fraction of sp³-hybridized carbons (Fsp3) is 1.00. The number of aliphatic hydroxyl groups is 1. The molecule has 0 aromatic carbocycles. The molecule has 0 aliphatic rings. The molecule has 1 N–H and O–H groups in total. The van der Waals surface area contributed by atoms with E-state index in [0.29, 0.717) is 0 Å².